The van der Waals surface area contributed by atoms with Gasteiger partial charge in [0.2, 0.25) is 0 Å². The van der Waals surface area contributed by atoms with Crippen LogP contribution in [0.2, 0.25) is 0 Å². The molecule has 1 aliphatic rings. The summed E-state index contributed by atoms with van der Waals surface area (Å²) in [6, 6.07) is 2.69. The van der Waals surface area contributed by atoms with Crippen LogP contribution in [0.25, 0.3) is 5.76 Å². The van der Waals surface area contributed by atoms with Gasteiger partial charge in [-0.1, -0.05) is 6.07 Å². The maximum absolute atomic E-state index is 13.1. The number of Topliss-reactive ketones (excluding diaryl/α,β-unsaturated/α-hetero) is 1. The standard InChI is InChI=1S/C23H28N4O5/c1-6-32-23(31)18-13(2)16(14(3)25-18)20(28)17-19(15-8-7-9-24-12-15)27(11-10-26(4)5)22(30)21(17)29/h7-9,12,19,25,28H,6,10-11H2,1-5H3/b20-17+/t19-/m0/s1. The summed E-state index contributed by atoms with van der Waals surface area (Å²) in [6.07, 6.45) is 3.18. The van der Waals surface area contributed by atoms with Crippen LogP contribution < -0.4 is 0 Å². The number of ether oxygens (including phenoxy) is 1. The summed E-state index contributed by atoms with van der Waals surface area (Å²) in [6.45, 7) is 6.09. The third kappa shape index (κ3) is 4.16. The molecular weight excluding hydrogens is 412 g/mol. The second-order valence-electron chi connectivity index (χ2n) is 7.93. The summed E-state index contributed by atoms with van der Waals surface area (Å²) >= 11 is 0. The smallest absolute Gasteiger partial charge is 0.355 e. The van der Waals surface area contributed by atoms with Crippen LogP contribution in [0.4, 0.5) is 0 Å². The summed E-state index contributed by atoms with van der Waals surface area (Å²) in [5.41, 5.74) is 2.04. The quantitative estimate of drug-likeness (QED) is 0.293. The van der Waals surface area contributed by atoms with Gasteiger partial charge >= 0.3 is 5.97 Å². The molecule has 1 atom stereocenters. The molecule has 0 saturated carbocycles. The number of rotatable bonds is 7. The van der Waals surface area contributed by atoms with E-state index in [1.54, 1.807) is 45.3 Å². The Hall–Kier alpha value is -3.46. The number of aryl methyl sites for hydroxylation is 1. The summed E-state index contributed by atoms with van der Waals surface area (Å²) in [5.74, 6) is -2.33. The van der Waals surface area contributed by atoms with Gasteiger partial charge in [0.1, 0.15) is 11.5 Å². The lowest BCUT2D eigenvalue weighted by Gasteiger charge is -2.26. The molecule has 0 aliphatic carbocycles. The largest absolute Gasteiger partial charge is 0.507 e. The van der Waals surface area contributed by atoms with E-state index in [-0.39, 0.29) is 23.6 Å². The fraction of sp³-hybridized carbons (Fsp3) is 0.391. The van der Waals surface area contributed by atoms with Crippen molar-refractivity contribution in [3.05, 3.63) is 58.2 Å². The fourth-order valence-electron chi connectivity index (χ4n) is 3.95. The van der Waals surface area contributed by atoms with E-state index in [1.807, 2.05) is 19.0 Å². The molecule has 0 spiro atoms. The van der Waals surface area contributed by atoms with Crippen LogP contribution in [0.1, 0.15) is 45.8 Å². The van der Waals surface area contributed by atoms with Crippen molar-refractivity contribution in [3.8, 4) is 0 Å². The first-order chi connectivity index (χ1) is 15.2. The number of H-pyrrole nitrogens is 1. The van der Waals surface area contributed by atoms with E-state index in [4.69, 9.17) is 4.74 Å². The van der Waals surface area contributed by atoms with Gasteiger partial charge in [0.25, 0.3) is 11.7 Å². The first-order valence-electron chi connectivity index (χ1n) is 10.4. The van der Waals surface area contributed by atoms with Gasteiger partial charge in [0.15, 0.2) is 0 Å². The number of likely N-dealkylation sites (N-methyl/N-ethyl adjacent to an activating group) is 1. The molecule has 1 aliphatic heterocycles. The highest BCUT2D eigenvalue weighted by Crippen LogP contribution is 2.40. The highest BCUT2D eigenvalue weighted by Gasteiger charge is 2.46. The number of pyridine rings is 1. The third-order valence-electron chi connectivity index (χ3n) is 5.48. The number of carbonyl (C=O) groups excluding carboxylic acids is 3. The van der Waals surface area contributed by atoms with E-state index < -0.39 is 23.7 Å². The lowest BCUT2D eigenvalue weighted by Crippen LogP contribution is -2.35. The van der Waals surface area contributed by atoms with Gasteiger partial charge in [-0.3, -0.25) is 14.6 Å². The molecule has 2 N–H and O–H groups in total. The zero-order valence-corrected chi connectivity index (χ0v) is 18.9. The number of aliphatic hydroxyl groups excluding tert-OH is 1. The molecule has 170 valence electrons. The molecule has 2 aromatic rings. The minimum absolute atomic E-state index is 0.0256. The molecule has 32 heavy (non-hydrogen) atoms. The number of hydrogen-bond donors (Lipinski definition) is 2. The molecule has 1 fully saturated rings. The second-order valence-corrected chi connectivity index (χ2v) is 7.93. The van der Waals surface area contributed by atoms with Crippen LogP contribution >= 0.6 is 0 Å². The van der Waals surface area contributed by atoms with Crippen LogP contribution in [-0.2, 0) is 14.3 Å². The van der Waals surface area contributed by atoms with Gasteiger partial charge < -0.3 is 24.6 Å². The molecular formula is C23H28N4O5. The summed E-state index contributed by atoms with van der Waals surface area (Å²) < 4.78 is 5.07. The number of hydrogen-bond acceptors (Lipinski definition) is 7. The Labute approximate surface area is 186 Å². The Morgan fingerprint density at radius 3 is 2.62 bits per heavy atom. The Bertz CT molecular complexity index is 1070. The van der Waals surface area contributed by atoms with Crippen LogP contribution in [-0.4, -0.2) is 76.3 Å². The van der Waals surface area contributed by atoms with Crippen LogP contribution in [0.3, 0.4) is 0 Å². The molecule has 0 aromatic carbocycles. The Kier molecular flexibility index (Phi) is 6.78. The summed E-state index contributed by atoms with van der Waals surface area (Å²) in [7, 11) is 3.75. The van der Waals surface area contributed by atoms with Crippen molar-refractivity contribution in [2.45, 2.75) is 26.8 Å². The van der Waals surface area contributed by atoms with Gasteiger partial charge in [-0.15, -0.1) is 0 Å². The zero-order valence-electron chi connectivity index (χ0n) is 18.9. The van der Waals surface area contributed by atoms with E-state index in [0.717, 1.165) is 0 Å². The molecule has 9 heteroatoms. The SMILES string of the molecule is CCOC(=O)c1[nH]c(C)c(/C(O)=C2\C(=O)C(=O)N(CCN(C)C)[C@H]2c2cccnc2)c1C. The molecule has 9 nitrogen and oxygen atoms in total. The van der Waals surface area contributed by atoms with E-state index >= 15 is 0 Å². The normalized spacial score (nSPS) is 17.9. The molecule has 1 amide bonds. The lowest BCUT2D eigenvalue weighted by atomic mass is 9.95. The van der Waals surface area contributed by atoms with Gasteiger partial charge in [0, 0.05) is 36.7 Å². The average Bonchev–Trinajstić information content (AvgIpc) is 3.19. The third-order valence-corrected chi connectivity index (χ3v) is 5.48. The monoisotopic (exact) mass is 440 g/mol. The van der Waals surface area contributed by atoms with Crippen LogP contribution in [0.5, 0.6) is 0 Å². The maximum atomic E-state index is 13.1. The van der Waals surface area contributed by atoms with E-state index in [2.05, 4.69) is 9.97 Å². The predicted molar refractivity (Wildman–Crippen MR) is 118 cm³/mol. The number of aromatic amines is 1. The van der Waals surface area contributed by atoms with Gasteiger partial charge in [-0.25, -0.2) is 4.79 Å². The van der Waals surface area contributed by atoms with Gasteiger partial charge in [-0.2, -0.15) is 0 Å². The number of nitrogens with zero attached hydrogens (tertiary/aromatic N) is 3. The van der Waals surface area contributed by atoms with Gasteiger partial charge in [0.05, 0.1) is 18.2 Å². The molecule has 1 saturated heterocycles. The molecule has 2 aromatic heterocycles. The number of aromatic nitrogens is 2. The first kappa shape index (κ1) is 23.2. The minimum Gasteiger partial charge on any atom is -0.507 e. The fourth-order valence-corrected chi connectivity index (χ4v) is 3.95. The van der Waals surface area contributed by atoms with E-state index in [1.165, 1.54) is 4.90 Å². The van der Waals surface area contributed by atoms with Crippen LogP contribution in [0.15, 0.2) is 30.1 Å². The Balaban J connectivity index is 2.18. The van der Waals surface area contributed by atoms with Crippen molar-refractivity contribution >= 4 is 23.4 Å². The first-order valence-corrected chi connectivity index (χ1v) is 10.4. The predicted octanol–water partition coefficient (Wildman–Crippen LogP) is 2.19. The number of carbonyl (C=O) groups is 3. The van der Waals surface area contributed by atoms with Crippen LogP contribution in [0, 0.1) is 13.8 Å². The summed E-state index contributed by atoms with van der Waals surface area (Å²) in [4.78, 5) is 48.7. The number of likely N-dealkylation sites (tertiary alicyclic amines) is 1. The number of aliphatic hydroxyl groups is 1. The van der Waals surface area contributed by atoms with Crippen molar-refractivity contribution in [1.82, 2.24) is 19.8 Å². The van der Waals surface area contributed by atoms with E-state index in [9.17, 15) is 19.5 Å². The number of nitrogens with one attached hydrogen (secondary N) is 1. The maximum Gasteiger partial charge on any atom is 0.355 e. The van der Waals surface area contributed by atoms with Gasteiger partial charge in [-0.05, 0) is 52.1 Å². The number of esters is 1. The van der Waals surface area contributed by atoms with E-state index in [0.29, 0.717) is 35.5 Å². The molecule has 3 heterocycles. The highest BCUT2D eigenvalue weighted by molar-refractivity contribution is 6.46. The topological polar surface area (TPSA) is 116 Å². The zero-order chi connectivity index (χ0) is 23.6. The molecule has 0 radical (unpaired) electrons. The van der Waals surface area contributed by atoms with Crippen molar-refractivity contribution in [2.24, 2.45) is 0 Å². The number of ketones is 1. The number of amides is 1. The molecule has 0 unspecified atom stereocenters. The highest BCUT2D eigenvalue weighted by atomic mass is 16.5. The summed E-state index contributed by atoms with van der Waals surface area (Å²) in [5, 5.41) is 11.3. The minimum atomic E-state index is -0.789. The lowest BCUT2D eigenvalue weighted by molar-refractivity contribution is -0.140. The van der Waals surface area contributed by atoms with Crippen molar-refractivity contribution in [1.29, 1.82) is 0 Å². The molecule has 3 rings (SSSR count). The Morgan fingerprint density at radius 1 is 1.31 bits per heavy atom. The van der Waals surface area contributed by atoms with Crippen molar-refractivity contribution in [2.75, 3.05) is 33.8 Å². The van der Waals surface area contributed by atoms with Crippen molar-refractivity contribution in [3.63, 3.8) is 0 Å². The second kappa shape index (κ2) is 9.35. The average molecular weight is 441 g/mol. The van der Waals surface area contributed by atoms with Crippen molar-refractivity contribution < 1.29 is 24.2 Å². The Morgan fingerprint density at radius 2 is 2.03 bits per heavy atom. The molecule has 0 bridgehead atoms.